The molecular formula is C13H21ClN2O2S. The van der Waals surface area contributed by atoms with Crippen LogP contribution in [0, 0.1) is 0 Å². The van der Waals surface area contributed by atoms with Crippen molar-refractivity contribution in [2.45, 2.75) is 37.8 Å². The second-order valence-corrected chi connectivity index (χ2v) is 5.78. The molecule has 3 N–H and O–H groups in total. The molecule has 19 heavy (non-hydrogen) atoms. The fourth-order valence-electron chi connectivity index (χ4n) is 2.22. The van der Waals surface area contributed by atoms with Gasteiger partial charge in [0, 0.05) is 6.54 Å². The Kier molecular flexibility index (Phi) is 6.26. The van der Waals surface area contributed by atoms with Crippen LogP contribution in [0.5, 0.6) is 0 Å². The molecular weight excluding hydrogens is 284 g/mol. The number of aliphatic hydroxyl groups excluding tert-OH is 1. The van der Waals surface area contributed by atoms with Crippen LogP contribution in [0.2, 0.25) is 0 Å². The second kappa shape index (κ2) is 7.24. The molecule has 4 nitrogen and oxygen atoms in total. The van der Waals surface area contributed by atoms with E-state index < -0.39 is 11.6 Å². The normalized spacial score (nSPS) is 24.3. The Morgan fingerprint density at radius 3 is 3.00 bits per heavy atom. The highest BCUT2D eigenvalue weighted by atomic mass is 35.5. The predicted molar refractivity (Wildman–Crippen MR) is 79.8 cm³/mol. The van der Waals surface area contributed by atoms with Gasteiger partial charge < -0.3 is 15.7 Å². The van der Waals surface area contributed by atoms with E-state index in [1.165, 1.54) is 0 Å². The lowest BCUT2D eigenvalue weighted by molar-refractivity contribution is -0.128. The number of hydrogen-bond acceptors (Lipinski definition) is 4. The summed E-state index contributed by atoms with van der Waals surface area (Å²) < 4.78 is 0. The Balaban J connectivity index is 0.00000180. The summed E-state index contributed by atoms with van der Waals surface area (Å²) in [5.41, 5.74) is 0.383. The van der Waals surface area contributed by atoms with Crippen molar-refractivity contribution in [1.82, 2.24) is 10.6 Å². The van der Waals surface area contributed by atoms with Crippen LogP contribution in [0.25, 0.3) is 0 Å². The topological polar surface area (TPSA) is 61.4 Å². The molecule has 1 aliphatic rings. The number of piperidine rings is 1. The van der Waals surface area contributed by atoms with Gasteiger partial charge >= 0.3 is 0 Å². The zero-order chi connectivity index (χ0) is 13.0. The molecule has 1 aromatic heterocycles. The summed E-state index contributed by atoms with van der Waals surface area (Å²) in [5, 5.41) is 19.8. The maximum atomic E-state index is 12.1. The van der Waals surface area contributed by atoms with Crippen LogP contribution in [-0.2, 0) is 4.79 Å². The van der Waals surface area contributed by atoms with Crippen LogP contribution < -0.4 is 10.6 Å². The van der Waals surface area contributed by atoms with Crippen molar-refractivity contribution in [3.8, 4) is 0 Å². The van der Waals surface area contributed by atoms with Crippen molar-refractivity contribution in [2.75, 3.05) is 13.1 Å². The van der Waals surface area contributed by atoms with Crippen LogP contribution in [0.15, 0.2) is 16.8 Å². The largest absolute Gasteiger partial charge is 0.387 e. The lowest BCUT2D eigenvalue weighted by Crippen LogP contribution is -2.57. The fraction of sp³-hybridized carbons (Fsp3) is 0.615. The summed E-state index contributed by atoms with van der Waals surface area (Å²) in [4.78, 5) is 12.1. The van der Waals surface area contributed by atoms with Crippen LogP contribution >= 0.6 is 23.7 Å². The van der Waals surface area contributed by atoms with Crippen LogP contribution in [-0.4, -0.2) is 29.6 Å². The van der Waals surface area contributed by atoms with E-state index in [1.54, 1.807) is 11.3 Å². The van der Waals surface area contributed by atoms with Gasteiger partial charge in [-0.1, -0.05) is 0 Å². The molecule has 1 saturated heterocycles. The molecule has 1 aliphatic heterocycles. The van der Waals surface area contributed by atoms with E-state index in [4.69, 9.17) is 0 Å². The highest BCUT2D eigenvalue weighted by molar-refractivity contribution is 7.07. The Hall–Kier alpha value is -0.620. The molecule has 0 aromatic carbocycles. The molecule has 1 fully saturated rings. The number of hydrogen-bond donors (Lipinski definition) is 3. The lowest BCUT2D eigenvalue weighted by Gasteiger charge is -2.33. The third-order valence-electron chi connectivity index (χ3n) is 3.50. The summed E-state index contributed by atoms with van der Waals surface area (Å²) in [6.45, 7) is 3.09. The summed E-state index contributed by atoms with van der Waals surface area (Å²) in [5.74, 6) is -0.0171. The smallest absolute Gasteiger partial charge is 0.240 e. The van der Waals surface area contributed by atoms with Gasteiger partial charge in [0.15, 0.2) is 0 Å². The van der Waals surface area contributed by atoms with Gasteiger partial charge in [0.1, 0.15) is 0 Å². The standard InChI is InChI=1S/C13H20N2O2S.ClH/c1-13(5-2-3-6-15-13)12(17)14-8-11(16)10-4-7-18-9-10;/h4,7,9,11,15-16H,2-3,5-6,8H2,1H3,(H,14,17);1H. The monoisotopic (exact) mass is 304 g/mol. The van der Waals surface area contributed by atoms with Gasteiger partial charge in [-0.3, -0.25) is 4.79 Å². The SMILES string of the molecule is CC1(C(=O)NCC(O)c2ccsc2)CCCCN1.Cl. The quantitative estimate of drug-likeness (QED) is 0.795. The van der Waals surface area contributed by atoms with E-state index in [0.29, 0.717) is 0 Å². The van der Waals surface area contributed by atoms with Crippen molar-refractivity contribution >= 4 is 29.7 Å². The number of thiophene rings is 1. The average Bonchev–Trinajstić information content (AvgIpc) is 2.90. The average molecular weight is 305 g/mol. The van der Waals surface area contributed by atoms with Gasteiger partial charge in [0.25, 0.3) is 0 Å². The zero-order valence-electron chi connectivity index (χ0n) is 11.0. The van der Waals surface area contributed by atoms with Gasteiger partial charge in [-0.05, 0) is 55.1 Å². The zero-order valence-corrected chi connectivity index (χ0v) is 12.6. The minimum atomic E-state index is -0.618. The van der Waals surface area contributed by atoms with Crippen molar-refractivity contribution in [3.63, 3.8) is 0 Å². The second-order valence-electron chi connectivity index (χ2n) is 5.00. The molecule has 1 aromatic rings. The molecule has 6 heteroatoms. The molecule has 0 saturated carbocycles. The third-order valence-corrected chi connectivity index (χ3v) is 4.21. The third kappa shape index (κ3) is 4.18. The van der Waals surface area contributed by atoms with E-state index in [1.807, 2.05) is 23.8 Å². The summed E-state index contributed by atoms with van der Waals surface area (Å²) >= 11 is 1.54. The fourth-order valence-corrected chi connectivity index (χ4v) is 2.92. The van der Waals surface area contributed by atoms with Gasteiger partial charge in [0.05, 0.1) is 11.6 Å². The first-order valence-corrected chi connectivity index (χ1v) is 7.29. The number of nitrogens with one attached hydrogen (secondary N) is 2. The highest BCUT2D eigenvalue weighted by Gasteiger charge is 2.34. The minimum absolute atomic E-state index is 0. The summed E-state index contributed by atoms with van der Waals surface area (Å²) in [6.07, 6.45) is 2.44. The Bertz CT molecular complexity index is 391. The molecule has 2 atom stereocenters. The van der Waals surface area contributed by atoms with Gasteiger partial charge in [-0.25, -0.2) is 0 Å². The van der Waals surface area contributed by atoms with E-state index in [2.05, 4.69) is 10.6 Å². The first-order chi connectivity index (χ1) is 8.62. The maximum Gasteiger partial charge on any atom is 0.240 e. The number of amides is 1. The summed E-state index contributed by atoms with van der Waals surface area (Å²) in [7, 11) is 0. The van der Waals surface area contributed by atoms with E-state index >= 15 is 0 Å². The molecule has 2 unspecified atom stereocenters. The minimum Gasteiger partial charge on any atom is -0.387 e. The molecule has 1 amide bonds. The van der Waals surface area contributed by atoms with E-state index in [0.717, 1.165) is 31.4 Å². The first-order valence-electron chi connectivity index (χ1n) is 6.35. The highest BCUT2D eigenvalue weighted by Crippen LogP contribution is 2.19. The predicted octanol–water partition coefficient (Wildman–Crippen LogP) is 1.85. The molecule has 0 aliphatic carbocycles. The Morgan fingerprint density at radius 1 is 1.63 bits per heavy atom. The van der Waals surface area contributed by atoms with E-state index in [-0.39, 0.29) is 24.9 Å². The number of halogens is 1. The Morgan fingerprint density at radius 2 is 2.42 bits per heavy atom. The van der Waals surface area contributed by atoms with Crippen molar-refractivity contribution in [3.05, 3.63) is 22.4 Å². The maximum absolute atomic E-state index is 12.1. The van der Waals surface area contributed by atoms with Gasteiger partial charge in [-0.2, -0.15) is 11.3 Å². The van der Waals surface area contributed by atoms with Crippen LogP contribution in [0.1, 0.15) is 37.9 Å². The number of aliphatic hydroxyl groups is 1. The summed E-state index contributed by atoms with van der Waals surface area (Å²) in [6, 6.07) is 1.88. The van der Waals surface area contributed by atoms with Crippen molar-refractivity contribution < 1.29 is 9.90 Å². The molecule has 2 rings (SSSR count). The lowest BCUT2D eigenvalue weighted by atomic mass is 9.90. The molecule has 0 bridgehead atoms. The van der Waals surface area contributed by atoms with Crippen molar-refractivity contribution in [1.29, 1.82) is 0 Å². The number of carbonyl (C=O) groups is 1. The molecule has 108 valence electrons. The van der Waals surface area contributed by atoms with Gasteiger partial charge in [0.2, 0.25) is 5.91 Å². The van der Waals surface area contributed by atoms with E-state index in [9.17, 15) is 9.90 Å². The molecule has 2 heterocycles. The van der Waals surface area contributed by atoms with Crippen LogP contribution in [0.4, 0.5) is 0 Å². The number of carbonyl (C=O) groups excluding carboxylic acids is 1. The van der Waals surface area contributed by atoms with Gasteiger partial charge in [-0.15, -0.1) is 12.4 Å². The number of rotatable bonds is 4. The first kappa shape index (κ1) is 16.4. The van der Waals surface area contributed by atoms with Crippen LogP contribution in [0.3, 0.4) is 0 Å². The molecule has 0 radical (unpaired) electrons. The Labute approximate surface area is 124 Å². The van der Waals surface area contributed by atoms with Crippen molar-refractivity contribution in [2.24, 2.45) is 0 Å². The molecule has 0 spiro atoms.